The van der Waals surface area contributed by atoms with Crippen molar-refractivity contribution in [3.8, 4) is 0 Å². The van der Waals surface area contributed by atoms with E-state index in [2.05, 4.69) is 27.3 Å². The largest absolute Gasteiger partial charge is 0.329 e. The summed E-state index contributed by atoms with van der Waals surface area (Å²) in [6, 6.07) is 7.22. The molecule has 1 aromatic carbocycles. The van der Waals surface area contributed by atoms with Gasteiger partial charge < -0.3 is 5.73 Å². The Balaban J connectivity index is 2.17. The summed E-state index contributed by atoms with van der Waals surface area (Å²) in [4.78, 5) is 0. The van der Waals surface area contributed by atoms with Gasteiger partial charge in [0, 0.05) is 22.7 Å². The summed E-state index contributed by atoms with van der Waals surface area (Å²) in [7, 11) is -3.51. The maximum atomic E-state index is 12.4. The van der Waals surface area contributed by atoms with Gasteiger partial charge in [0.15, 0.2) is 0 Å². The lowest BCUT2D eigenvalue weighted by molar-refractivity contribution is 0.259. The van der Waals surface area contributed by atoms with Crippen LogP contribution in [-0.4, -0.2) is 31.9 Å². The lowest BCUT2D eigenvalue weighted by Crippen LogP contribution is -2.49. The summed E-state index contributed by atoms with van der Waals surface area (Å²) in [5.74, 6) is 0. The molecule has 1 atom stereocenters. The lowest BCUT2D eigenvalue weighted by atomic mass is 10.1. The molecule has 0 saturated carbocycles. The van der Waals surface area contributed by atoms with Crippen LogP contribution in [0.2, 0.25) is 0 Å². The fourth-order valence-corrected chi connectivity index (χ4v) is 4.32. The third-order valence-electron chi connectivity index (χ3n) is 3.23. The highest BCUT2D eigenvalue weighted by Gasteiger charge is 2.31. The van der Waals surface area contributed by atoms with Crippen LogP contribution >= 0.6 is 22.6 Å². The lowest BCUT2D eigenvalue weighted by Gasteiger charge is -2.33. The number of nitrogens with two attached hydrogens (primary N) is 1. The molecule has 1 heterocycles. The van der Waals surface area contributed by atoms with Gasteiger partial charge in [0.25, 0.3) is 0 Å². The number of hydrogen-bond donors (Lipinski definition) is 2. The van der Waals surface area contributed by atoms with E-state index in [0.717, 1.165) is 22.8 Å². The van der Waals surface area contributed by atoms with Gasteiger partial charge in [0.05, 0.1) is 5.69 Å². The van der Waals surface area contributed by atoms with E-state index in [-0.39, 0.29) is 6.04 Å². The minimum absolute atomic E-state index is 0.0889. The molecule has 1 aliphatic rings. The minimum Gasteiger partial charge on any atom is -0.329 e. The first-order valence-electron chi connectivity index (χ1n) is 6.28. The highest BCUT2D eigenvalue weighted by Crippen LogP contribution is 2.22. The number of piperidine rings is 1. The van der Waals surface area contributed by atoms with E-state index in [9.17, 15) is 8.42 Å². The van der Waals surface area contributed by atoms with Gasteiger partial charge in [0.1, 0.15) is 0 Å². The molecule has 0 radical (unpaired) electrons. The quantitative estimate of drug-likeness (QED) is 0.763. The summed E-state index contributed by atoms with van der Waals surface area (Å²) >= 11 is 2.15. The molecule has 1 fully saturated rings. The highest BCUT2D eigenvalue weighted by atomic mass is 127. The fourth-order valence-electron chi connectivity index (χ4n) is 2.29. The number of halogens is 1. The maximum Gasteiger partial charge on any atom is 0.301 e. The molecule has 0 bridgehead atoms. The topological polar surface area (TPSA) is 75.4 Å². The molecule has 1 aliphatic heterocycles. The van der Waals surface area contributed by atoms with Crippen LogP contribution in [0.1, 0.15) is 19.3 Å². The van der Waals surface area contributed by atoms with Crippen LogP contribution in [0, 0.1) is 3.57 Å². The van der Waals surface area contributed by atoms with Crippen LogP contribution < -0.4 is 10.5 Å². The Morgan fingerprint density at radius 3 is 2.89 bits per heavy atom. The summed E-state index contributed by atoms with van der Waals surface area (Å²) < 4.78 is 29.9. The van der Waals surface area contributed by atoms with Crippen molar-refractivity contribution < 1.29 is 8.42 Å². The van der Waals surface area contributed by atoms with E-state index in [1.165, 1.54) is 4.31 Å². The average molecular weight is 395 g/mol. The Morgan fingerprint density at radius 2 is 2.21 bits per heavy atom. The van der Waals surface area contributed by atoms with E-state index in [0.29, 0.717) is 18.8 Å². The molecule has 5 nitrogen and oxygen atoms in total. The van der Waals surface area contributed by atoms with E-state index >= 15 is 0 Å². The van der Waals surface area contributed by atoms with Crippen molar-refractivity contribution in [3.05, 3.63) is 27.8 Å². The first-order chi connectivity index (χ1) is 9.03. The van der Waals surface area contributed by atoms with Gasteiger partial charge in [-0.15, -0.1) is 0 Å². The molecule has 2 rings (SSSR count). The Morgan fingerprint density at radius 1 is 1.42 bits per heavy atom. The number of rotatable bonds is 4. The van der Waals surface area contributed by atoms with Gasteiger partial charge in [-0.05, 0) is 53.6 Å². The molecular weight excluding hydrogens is 377 g/mol. The second kappa shape index (κ2) is 6.38. The molecular formula is C12H18IN3O2S. The summed E-state index contributed by atoms with van der Waals surface area (Å²) in [6.45, 7) is 0.911. The zero-order valence-corrected chi connectivity index (χ0v) is 13.5. The number of anilines is 1. The van der Waals surface area contributed by atoms with Gasteiger partial charge in [-0.2, -0.15) is 12.7 Å². The zero-order valence-electron chi connectivity index (χ0n) is 10.5. The summed E-state index contributed by atoms with van der Waals surface area (Å²) in [5.41, 5.74) is 6.26. The van der Waals surface area contributed by atoms with Crippen LogP contribution in [0.15, 0.2) is 24.3 Å². The van der Waals surface area contributed by atoms with Crippen molar-refractivity contribution in [1.82, 2.24) is 4.31 Å². The maximum absolute atomic E-state index is 12.4. The standard InChI is InChI=1S/C12H18IN3O2S/c13-10-4-3-5-11(8-10)15-19(17,18)16-7-2-1-6-12(16)9-14/h3-5,8,12,15H,1-2,6-7,9,14H2. The highest BCUT2D eigenvalue weighted by molar-refractivity contribution is 14.1. The van der Waals surface area contributed by atoms with Crippen LogP contribution in [0.3, 0.4) is 0 Å². The third kappa shape index (κ3) is 3.80. The van der Waals surface area contributed by atoms with E-state index in [1.807, 2.05) is 12.1 Å². The molecule has 19 heavy (non-hydrogen) atoms. The van der Waals surface area contributed by atoms with Crippen molar-refractivity contribution in [2.45, 2.75) is 25.3 Å². The minimum atomic E-state index is -3.51. The second-order valence-electron chi connectivity index (χ2n) is 4.61. The molecule has 7 heteroatoms. The van der Waals surface area contributed by atoms with Gasteiger partial charge >= 0.3 is 10.2 Å². The fraction of sp³-hybridized carbons (Fsp3) is 0.500. The van der Waals surface area contributed by atoms with Crippen molar-refractivity contribution in [2.75, 3.05) is 17.8 Å². The Labute approximate surface area is 127 Å². The Bertz CT molecular complexity index is 536. The van der Waals surface area contributed by atoms with Gasteiger partial charge in [0.2, 0.25) is 0 Å². The monoisotopic (exact) mass is 395 g/mol. The number of benzene rings is 1. The first kappa shape index (κ1) is 15.0. The molecule has 0 aromatic heterocycles. The predicted molar refractivity (Wildman–Crippen MR) is 85.1 cm³/mol. The molecule has 1 aromatic rings. The van der Waals surface area contributed by atoms with Gasteiger partial charge in [-0.25, -0.2) is 0 Å². The van der Waals surface area contributed by atoms with Crippen LogP contribution in [-0.2, 0) is 10.2 Å². The SMILES string of the molecule is NCC1CCCCN1S(=O)(=O)Nc1cccc(I)c1. The zero-order chi connectivity index (χ0) is 13.9. The molecule has 0 aliphatic carbocycles. The van der Waals surface area contributed by atoms with Crippen LogP contribution in [0.4, 0.5) is 5.69 Å². The number of hydrogen-bond acceptors (Lipinski definition) is 3. The van der Waals surface area contributed by atoms with E-state index in [1.54, 1.807) is 12.1 Å². The summed E-state index contributed by atoms with van der Waals surface area (Å²) in [5, 5.41) is 0. The summed E-state index contributed by atoms with van der Waals surface area (Å²) in [6.07, 6.45) is 2.77. The molecule has 106 valence electrons. The first-order valence-corrected chi connectivity index (χ1v) is 8.80. The van der Waals surface area contributed by atoms with Gasteiger partial charge in [-0.1, -0.05) is 12.5 Å². The van der Waals surface area contributed by atoms with E-state index < -0.39 is 10.2 Å². The molecule has 0 spiro atoms. The Hall–Kier alpha value is -0.380. The van der Waals surface area contributed by atoms with Crippen LogP contribution in [0.5, 0.6) is 0 Å². The Kier molecular flexibility index (Phi) is 5.04. The van der Waals surface area contributed by atoms with Crippen LogP contribution in [0.25, 0.3) is 0 Å². The molecule has 0 amide bonds. The van der Waals surface area contributed by atoms with Gasteiger partial charge in [-0.3, -0.25) is 4.72 Å². The second-order valence-corrected chi connectivity index (χ2v) is 7.48. The van der Waals surface area contributed by atoms with Crippen molar-refractivity contribution in [2.24, 2.45) is 5.73 Å². The van der Waals surface area contributed by atoms with Crippen molar-refractivity contribution in [1.29, 1.82) is 0 Å². The average Bonchev–Trinajstić information content (AvgIpc) is 2.38. The van der Waals surface area contributed by atoms with Crippen molar-refractivity contribution >= 4 is 38.5 Å². The number of nitrogens with zero attached hydrogens (tertiary/aromatic N) is 1. The molecule has 1 unspecified atom stereocenters. The smallest absolute Gasteiger partial charge is 0.301 e. The third-order valence-corrected chi connectivity index (χ3v) is 5.49. The molecule has 3 N–H and O–H groups in total. The predicted octanol–water partition coefficient (Wildman–Crippen LogP) is 1.76. The normalized spacial score (nSPS) is 21.3. The molecule has 1 saturated heterocycles. The van der Waals surface area contributed by atoms with E-state index in [4.69, 9.17) is 5.73 Å². The number of nitrogens with one attached hydrogen (secondary N) is 1. The van der Waals surface area contributed by atoms with Crippen molar-refractivity contribution in [3.63, 3.8) is 0 Å².